The Hall–Kier alpha value is -3.39. The number of rotatable bonds is 5. The standard InChI is InChI=1S/C22H18N2O5S/c25-19-15-8-4-5-9-16(15)20(26)24(19)17(12-14-6-2-1-3-7-14)21(27)23-10-11-30-13-18(23)22(28)29/h1-11,17-18H,12-13H2,(H,28,29)/t17-,18+/m1/s1. The van der Waals surface area contributed by atoms with Crippen LogP contribution in [-0.4, -0.2) is 56.4 Å². The summed E-state index contributed by atoms with van der Waals surface area (Å²) >= 11 is 1.29. The molecular formula is C22H18N2O5S. The lowest BCUT2D eigenvalue weighted by atomic mass is 10.0. The van der Waals surface area contributed by atoms with Crippen molar-refractivity contribution < 1.29 is 24.3 Å². The minimum atomic E-state index is -1.16. The Morgan fingerprint density at radius 2 is 1.60 bits per heavy atom. The van der Waals surface area contributed by atoms with E-state index < -0.39 is 35.8 Å². The number of hydrogen-bond donors (Lipinski definition) is 1. The predicted octanol–water partition coefficient (Wildman–Crippen LogP) is 2.39. The summed E-state index contributed by atoms with van der Waals surface area (Å²) in [7, 11) is 0. The van der Waals surface area contributed by atoms with Gasteiger partial charge in [-0.1, -0.05) is 42.5 Å². The van der Waals surface area contributed by atoms with Gasteiger partial charge < -0.3 is 10.0 Å². The molecule has 0 fully saturated rings. The van der Waals surface area contributed by atoms with Crippen molar-refractivity contribution in [2.45, 2.75) is 18.5 Å². The number of carbonyl (C=O) groups excluding carboxylic acids is 3. The van der Waals surface area contributed by atoms with Crippen LogP contribution in [0.25, 0.3) is 0 Å². The van der Waals surface area contributed by atoms with Gasteiger partial charge >= 0.3 is 5.97 Å². The number of imide groups is 1. The first-order valence-corrected chi connectivity index (χ1v) is 10.4. The Balaban J connectivity index is 1.74. The average Bonchev–Trinajstić information content (AvgIpc) is 3.03. The number of fused-ring (bicyclic) bond motifs is 1. The van der Waals surface area contributed by atoms with Crippen molar-refractivity contribution in [1.29, 1.82) is 0 Å². The highest BCUT2D eigenvalue weighted by Crippen LogP contribution is 2.28. The Labute approximate surface area is 177 Å². The summed E-state index contributed by atoms with van der Waals surface area (Å²) in [5.41, 5.74) is 1.25. The smallest absolute Gasteiger partial charge is 0.327 e. The second kappa shape index (κ2) is 8.16. The van der Waals surface area contributed by atoms with Crippen molar-refractivity contribution in [3.05, 3.63) is 82.9 Å². The third-order valence-corrected chi connectivity index (χ3v) is 5.96. The molecule has 0 radical (unpaired) electrons. The summed E-state index contributed by atoms with van der Waals surface area (Å²) in [5, 5.41) is 11.2. The molecule has 0 saturated carbocycles. The van der Waals surface area contributed by atoms with E-state index in [4.69, 9.17) is 0 Å². The normalized spacial score (nSPS) is 19.0. The Morgan fingerprint density at radius 3 is 2.20 bits per heavy atom. The van der Waals surface area contributed by atoms with Crippen LogP contribution in [-0.2, 0) is 16.0 Å². The maximum Gasteiger partial charge on any atom is 0.327 e. The van der Waals surface area contributed by atoms with Gasteiger partial charge in [0.1, 0.15) is 12.1 Å². The van der Waals surface area contributed by atoms with E-state index in [0.29, 0.717) is 0 Å². The number of thioether (sulfide) groups is 1. The SMILES string of the molecule is O=C(O)[C@@H]1CSC=CN1C(=O)[C@@H](Cc1ccccc1)N1C(=O)c2ccccc2C1=O. The molecule has 7 nitrogen and oxygen atoms in total. The maximum atomic E-state index is 13.5. The van der Waals surface area contributed by atoms with E-state index in [2.05, 4.69) is 0 Å². The summed E-state index contributed by atoms with van der Waals surface area (Å²) in [6.07, 6.45) is 1.50. The lowest BCUT2D eigenvalue weighted by Crippen LogP contribution is -2.55. The van der Waals surface area contributed by atoms with Gasteiger partial charge in [-0.25, -0.2) is 4.79 Å². The third-order valence-electron chi connectivity index (χ3n) is 5.14. The Bertz CT molecular complexity index is 1020. The van der Waals surface area contributed by atoms with Crippen LogP contribution in [0.4, 0.5) is 0 Å². The third kappa shape index (κ3) is 3.50. The lowest BCUT2D eigenvalue weighted by Gasteiger charge is -2.34. The first-order chi connectivity index (χ1) is 14.5. The van der Waals surface area contributed by atoms with Gasteiger partial charge in [0.15, 0.2) is 0 Å². The summed E-state index contributed by atoms with van der Waals surface area (Å²) < 4.78 is 0. The number of hydrogen-bond acceptors (Lipinski definition) is 5. The molecule has 4 rings (SSSR count). The fraction of sp³-hybridized carbons (Fsp3) is 0.182. The van der Waals surface area contributed by atoms with Crippen LogP contribution in [0.15, 0.2) is 66.2 Å². The van der Waals surface area contributed by atoms with E-state index in [-0.39, 0.29) is 23.3 Å². The second-order valence-corrected chi connectivity index (χ2v) is 7.89. The van der Waals surface area contributed by atoms with E-state index in [0.717, 1.165) is 15.4 Å². The first kappa shape index (κ1) is 19.9. The average molecular weight is 422 g/mol. The zero-order valence-electron chi connectivity index (χ0n) is 15.8. The van der Waals surface area contributed by atoms with Crippen LogP contribution < -0.4 is 0 Å². The highest BCUT2D eigenvalue weighted by Gasteiger charge is 2.45. The molecule has 0 spiro atoms. The van der Waals surface area contributed by atoms with Crippen molar-refractivity contribution in [1.82, 2.24) is 9.80 Å². The lowest BCUT2D eigenvalue weighted by molar-refractivity contribution is -0.148. The van der Waals surface area contributed by atoms with Crippen LogP contribution >= 0.6 is 11.8 Å². The molecule has 1 N–H and O–H groups in total. The van der Waals surface area contributed by atoms with Crippen molar-refractivity contribution in [3.63, 3.8) is 0 Å². The molecule has 2 atom stereocenters. The zero-order valence-corrected chi connectivity index (χ0v) is 16.6. The van der Waals surface area contributed by atoms with Crippen LogP contribution in [0.5, 0.6) is 0 Å². The summed E-state index contributed by atoms with van der Waals surface area (Å²) in [6, 6.07) is 13.2. The number of carboxylic acids is 1. The fourth-order valence-electron chi connectivity index (χ4n) is 3.65. The molecule has 152 valence electrons. The number of carboxylic acid groups (broad SMARTS) is 1. The number of aliphatic carboxylic acids is 1. The molecular weight excluding hydrogens is 404 g/mol. The number of nitrogens with zero attached hydrogens (tertiary/aromatic N) is 2. The number of amides is 3. The van der Waals surface area contributed by atoms with Crippen molar-refractivity contribution in [3.8, 4) is 0 Å². The summed E-state index contributed by atoms with van der Waals surface area (Å²) in [4.78, 5) is 53.4. The van der Waals surface area contributed by atoms with Gasteiger partial charge in [0.05, 0.1) is 11.1 Å². The molecule has 0 unspecified atom stereocenters. The molecule has 0 aromatic heterocycles. The summed E-state index contributed by atoms with van der Waals surface area (Å²) in [5.74, 6) is -2.64. The van der Waals surface area contributed by atoms with Crippen molar-refractivity contribution >= 4 is 35.5 Å². The largest absolute Gasteiger partial charge is 0.480 e. The molecule has 0 aliphatic carbocycles. The Morgan fingerprint density at radius 1 is 1.00 bits per heavy atom. The zero-order chi connectivity index (χ0) is 21.3. The van der Waals surface area contributed by atoms with E-state index in [9.17, 15) is 24.3 Å². The van der Waals surface area contributed by atoms with Crippen molar-refractivity contribution in [2.75, 3.05) is 5.75 Å². The molecule has 2 aromatic rings. The molecule has 8 heteroatoms. The van der Waals surface area contributed by atoms with Crippen molar-refractivity contribution in [2.24, 2.45) is 0 Å². The molecule has 2 aliphatic rings. The van der Waals surface area contributed by atoms with Gasteiger partial charge in [0, 0.05) is 18.4 Å². The van der Waals surface area contributed by atoms with Gasteiger partial charge in [-0.05, 0) is 23.1 Å². The first-order valence-electron chi connectivity index (χ1n) is 9.33. The molecule has 2 aromatic carbocycles. The van der Waals surface area contributed by atoms with E-state index in [1.54, 1.807) is 53.9 Å². The van der Waals surface area contributed by atoms with Gasteiger partial charge in [0.25, 0.3) is 17.7 Å². The molecule has 3 amide bonds. The van der Waals surface area contributed by atoms with E-state index in [1.807, 2.05) is 6.07 Å². The maximum absolute atomic E-state index is 13.5. The minimum Gasteiger partial charge on any atom is -0.480 e. The molecule has 30 heavy (non-hydrogen) atoms. The fourth-order valence-corrected chi connectivity index (χ4v) is 4.46. The Kier molecular flexibility index (Phi) is 5.41. The van der Waals surface area contributed by atoms with Gasteiger partial charge in [-0.2, -0.15) is 0 Å². The van der Waals surface area contributed by atoms with Gasteiger partial charge in [-0.3, -0.25) is 19.3 Å². The van der Waals surface area contributed by atoms with Crippen LogP contribution in [0.2, 0.25) is 0 Å². The number of carbonyl (C=O) groups is 4. The monoisotopic (exact) mass is 422 g/mol. The highest BCUT2D eigenvalue weighted by molar-refractivity contribution is 8.02. The quantitative estimate of drug-likeness (QED) is 0.744. The number of benzene rings is 2. The minimum absolute atomic E-state index is 0.0922. The molecule has 2 aliphatic heterocycles. The molecule has 0 bridgehead atoms. The molecule has 2 heterocycles. The van der Waals surface area contributed by atoms with Gasteiger partial charge in [0.2, 0.25) is 0 Å². The van der Waals surface area contributed by atoms with Crippen LogP contribution in [0.1, 0.15) is 26.3 Å². The van der Waals surface area contributed by atoms with Gasteiger partial charge in [-0.15, -0.1) is 11.8 Å². The summed E-state index contributed by atoms with van der Waals surface area (Å²) in [6.45, 7) is 0. The van der Waals surface area contributed by atoms with E-state index >= 15 is 0 Å². The topological polar surface area (TPSA) is 95.0 Å². The molecule has 0 saturated heterocycles. The second-order valence-electron chi connectivity index (χ2n) is 6.95. The highest BCUT2D eigenvalue weighted by atomic mass is 32.2. The predicted molar refractivity (Wildman–Crippen MR) is 111 cm³/mol. The van der Waals surface area contributed by atoms with Crippen LogP contribution in [0, 0.1) is 0 Å². The van der Waals surface area contributed by atoms with Crippen LogP contribution in [0.3, 0.4) is 0 Å². The van der Waals surface area contributed by atoms with E-state index in [1.165, 1.54) is 18.0 Å².